The Morgan fingerprint density at radius 2 is 1.51 bits per heavy atom. The number of nitrogens with zero attached hydrogens (tertiary/aromatic N) is 2. The van der Waals surface area contributed by atoms with Crippen molar-refractivity contribution in [1.29, 1.82) is 0 Å². The summed E-state index contributed by atoms with van der Waals surface area (Å²) >= 11 is 0. The van der Waals surface area contributed by atoms with Gasteiger partial charge in [0, 0.05) is 12.6 Å². The van der Waals surface area contributed by atoms with E-state index in [1.807, 2.05) is 51.1 Å². The van der Waals surface area contributed by atoms with E-state index >= 15 is 0 Å². The van der Waals surface area contributed by atoms with Gasteiger partial charge in [0.05, 0.1) is 24.8 Å². The van der Waals surface area contributed by atoms with Gasteiger partial charge in [-0.2, -0.15) is 0 Å². The number of nitrogens with one attached hydrogen (secondary N) is 1. The molecule has 0 unspecified atom stereocenters. The number of anilines is 1. The molecule has 0 spiro atoms. The van der Waals surface area contributed by atoms with Crippen molar-refractivity contribution in [2.24, 2.45) is 0 Å². The number of sulfonamides is 1. The van der Waals surface area contributed by atoms with Crippen molar-refractivity contribution in [3.8, 4) is 11.5 Å². The lowest BCUT2D eigenvalue weighted by Gasteiger charge is -2.33. The van der Waals surface area contributed by atoms with Crippen LogP contribution in [0.25, 0.3) is 0 Å². The number of carbonyl (C=O) groups is 2. The number of hydrogen-bond acceptors (Lipinski definition) is 6. The van der Waals surface area contributed by atoms with E-state index in [9.17, 15) is 18.0 Å². The molecule has 1 N–H and O–H groups in total. The van der Waals surface area contributed by atoms with Crippen LogP contribution in [-0.2, 0) is 26.0 Å². The average Bonchev–Trinajstić information content (AvgIpc) is 2.97. The molecule has 3 rings (SSSR count). The Morgan fingerprint density at radius 1 is 0.878 bits per heavy atom. The van der Waals surface area contributed by atoms with Gasteiger partial charge in [-0.05, 0) is 68.7 Å². The summed E-state index contributed by atoms with van der Waals surface area (Å²) in [5.74, 6) is -0.00355. The summed E-state index contributed by atoms with van der Waals surface area (Å²) in [4.78, 5) is 28.8. The van der Waals surface area contributed by atoms with Gasteiger partial charge in [0.2, 0.25) is 11.8 Å². The van der Waals surface area contributed by atoms with Gasteiger partial charge in [0.25, 0.3) is 10.0 Å². The van der Waals surface area contributed by atoms with Crippen LogP contribution in [0.4, 0.5) is 5.69 Å². The first-order valence-electron chi connectivity index (χ1n) is 13.6. The summed E-state index contributed by atoms with van der Waals surface area (Å²) < 4.78 is 39.8. The number of hydrogen-bond donors (Lipinski definition) is 1. The molecule has 0 aliphatic carbocycles. The van der Waals surface area contributed by atoms with E-state index in [-0.39, 0.29) is 34.8 Å². The van der Waals surface area contributed by atoms with Gasteiger partial charge in [-0.1, -0.05) is 49.4 Å². The molecule has 0 aliphatic rings. The van der Waals surface area contributed by atoms with E-state index in [0.29, 0.717) is 18.6 Å². The fourth-order valence-electron chi connectivity index (χ4n) is 4.50. The smallest absolute Gasteiger partial charge is 0.264 e. The fraction of sp³-hybridized carbons (Fsp3) is 0.355. The number of rotatable bonds is 14. The molecule has 3 aromatic carbocycles. The largest absolute Gasteiger partial charge is 0.497 e. The molecule has 41 heavy (non-hydrogen) atoms. The van der Waals surface area contributed by atoms with Gasteiger partial charge in [0.15, 0.2) is 0 Å². The third-order valence-electron chi connectivity index (χ3n) is 6.58. The Balaban J connectivity index is 2.05. The molecule has 0 radical (unpaired) electrons. The quantitative estimate of drug-likeness (QED) is 0.305. The molecule has 0 saturated carbocycles. The van der Waals surface area contributed by atoms with Crippen molar-refractivity contribution in [3.63, 3.8) is 0 Å². The zero-order chi connectivity index (χ0) is 30.0. The highest BCUT2D eigenvalue weighted by Gasteiger charge is 2.34. The lowest BCUT2D eigenvalue weighted by Crippen LogP contribution is -2.54. The highest BCUT2D eigenvalue weighted by Crippen LogP contribution is 2.33. The Kier molecular flexibility index (Phi) is 11.2. The van der Waals surface area contributed by atoms with Gasteiger partial charge < -0.3 is 19.7 Å². The first-order chi connectivity index (χ1) is 19.6. The summed E-state index contributed by atoms with van der Waals surface area (Å²) in [6.07, 6.45) is 0.858. The molecule has 0 bridgehead atoms. The number of para-hydroxylation sites is 2. The monoisotopic (exact) mass is 581 g/mol. The first kappa shape index (κ1) is 31.5. The lowest BCUT2D eigenvalue weighted by atomic mass is 10.1. The summed E-state index contributed by atoms with van der Waals surface area (Å²) in [5.41, 5.74) is 1.21. The van der Waals surface area contributed by atoms with Crippen LogP contribution in [-0.4, -0.2) is 64.5 Å². The van der Waals surface area contributed by atoms with Crippen molar-refractivity contribution in [1.82, 2.24) is 10.2 Å². The summed E-state index contributed by atoms with van der Waals surface area (Å²) in [5, 5.41) is 2.90. The molecule has 10 heteroatoms. The molecule has 1 atom stereocenters. The van der Waals surface area contributed by atoms with Gasteiger partial charge in [-0.15, -0.1) is 0 Å². The number of carbonyl (C=O) groups excluding carboxylic acids is 2. The number of ether oxygens (including phenoxy) is 2. The van der Waals surface area contributed by atoms with Crippen molar-refractivity contribution < 1.29 is 27.5 Å². The van der Waals surface area contributed by atoms with Crippen LogP contribution >= 0.6 is 0 Å². The molecule has 0 aromatic heterocycles. The van der Waals surface area contributed by atoms with E-state index in [0.717, 1.165) is 9.87 Å². The second-order valence-corrected chi connectivity index (χ2v) is 11.6. The van der Waals surface area contributed by atoms with Gasteiger partial charge in [-0.25, -0.2) is 8.42 Å². The first-order valence-corrected chi connectivity index (χ1v) is 15.0. The van der Waals surface area contributed by atoms with E-state index in [2.05, 4.69) is 5.32 Å². The lowest BCUT2D eigenvalue weighted by molar-refractivity contribution is -0.139. The summed E-state index contributed by atoms with van der Waals surface area (Å²) in [6, 6.07) is 21.3. The second-order valence-electron chi connectivity index (χ2n) is 9.77. The third kappa shape index (κ3) is 8.00. The van der Waals surface area contributed by atoms with Crippen molar-refractivity contribution in [2.45, 2.75) is 50.6 Å². The molecule has 9 nitrogen and oxygen atoms in total. The summed E-state index contributed by atoms with van der Waals surface area (Å²) in [6.45, 7) is 5.24. The predicted molar refractivity (Wildman–Crippen MR) is 160 cm³/mol. The molecule has 220 valence electrons. The Morgan fingerprint density at radius 3 is 2.10 bits per heavy atom. The number of methoxy groups -OCH3 is 2. The SMILES string of the molecule is CC[C@H](C(=O)NC(C)C)N(CCc1ccccc1)C(=O)CN(c1ccccc1OC)S(=O)(=O)c1ccc(OC)cc1. The van der Waals surface area contributed by atoms with Crippen LogP contribution in [0.1, 0.15) is 32.8 Å². The highest BCUT2D eigenvalue weighted by molar-refractivity contribution is 7.92. The van der Waals surface area contributed by atoms with E-state index in [4.69, 9.17) is 9.47 Å². The Labute approximate surface area is 243 Å². The predicted octanol–water partition coefficient (Wildman–Crippen LogP) is 4.27. The molecule has 3 aromatic rings. The van der Waals surface area contributed by atoms with E-state index in [1.165, 1.54) is 31.3 Å². The van der Waals surface area contributed by atoms with Crippen LogP contribution in [0.3, 0.4) is 0 Å². The fourth-order valence-corrected chi connectivity index (χ4v) is 5.93. The highest BCUT2D eigenvalue weighted by atomic mass is 32.2. The Bertz CT molecular complexity index is 1390. The molecule has 0 heterocycles. The normalized spacial score (nSPS) is 12.0. The summed E-state index contributed by atoms with van der Waals surface area (Å²) in [7, 11) is -1.30. The minimum absolute atomic E-state index is 0.0163. The zero-order valence-electron chi connectivity index (χ0n) is 24.2. The van der Waals surface area contributed by atoms with E-state index < -0.39 is 28.5 Å². The average molecular weight is 582 g/mol. The topological polar surface area (TPSA) is 105 Å². The van der Waals surface area contributed by atoms with Crippen molar-refractivity contribution in [3.05, 3.63) is 84.4 Å². The van der Waals surface area contributed by atoms with Crippen molar-refractivity contribution in [2.75, 3.05) is 31.6 Å². The molecule has 0 saturated heterocycles. The minimum atomic E-state index is -4.23. The van der Waals surface area contributed by atoms with Crippen molar-refractivity contribution >= 4 is 27.5 Å². The standard InChI is InChI=1S/C31H39N3O6S/c1-6-27(31(36)32-23(2)3)33(21-20-24-12-8-7-9-13-24)30(35)22-34(28-14-10-11-15-29(28)40-5)41(37,38)26-18-16-25(39-4)17-19-26/h7-19,23,27H,6,20-22H2,1-5H3,(H,32,36)/t27-/m1/s1. The maximum Gasteiger partial charge on any atom is 0.264 e. The van der Waals surface area contributed by atoms with Crippen LogP contribution in [0, 0.1) is 0 Å². The van der Waals surface area contributed by atoms with Crippen LogP contribution in [0.2, 0.25) is 0 Å². The van der Waals surface area contributed by atoms with Crippen LogP contribution in [0.15, 0.2) is 83.8 Å². The minimum Gasteiger partial charge on any atom is -0.497 e. The van der Waals surface area contributed by atoms with Crippen LogP contribution < -0.4 is 19.1 Å². The van der Waals surface area contributed by atoms with Gasteiger partial charge in [0.1, 0.15) is 24.1 Å². The van der Waals surface area contributed by atoms with E-state index in [1.54, 1.807) is 36.4 Å². The molecule has 2 amide bonds. The number of amides is 2. The van der Waals surface area contributed by atoms with Gasteiger partial charge in [-0.3, -0.25) is 13.9 Å². The van der Waals surface area contributed by atoms with Crippen LogP contribution in [0.5, 0.6) is 11.5 Å². The van der Waals surface area contributed by atoms with Gasteiger partial charge >= 0.3 is 0 Å². The zero-order valence-corrected chi connectivity index (χ0v) is 25.1. The maximum absolute atomic E-state index is 14.1. The number of benzene rings is 3. The molecule has 0 fully saturated rings. The Hall–Kier alpha value is -4.05. The second kappa shape index (κ2) is 14.5. The molecular formula is C31H39N3O6S. The maximum atomic E-state index is 14.1. The molecule has 0 aliphatic heterocycles. The third-order valence-corrected chi connectivity index (χ3v) is 8.36. The molecular weight excluding hydrogens is 542 g/mol.